The van der Waals surface area contributed by atoms with Crippen LogP contribution in [-0.2, 0) is 0 Å². The maximum absolute atomic E-state index is 11.9. The van der Waals surface area contributed by atoms with Crippen molar-refractivity contribution in [2.45, 2.75) is 24.5 Å². The van der Waals surface area contributed by atoms with Crippen molar-refractivity contribution in [1.82, 2.24) is 10.3 Å². The van der Waals surface area contributed by atoms with Crippen LogP contribution in [0.5, 0.6) is 0 Å². The number of amides is 1. The third kappa shape index (κ3) is 3.47. The van der Waals surface area contributed by atoms with Crippen LogP contribution in [0.15, 0.2) is 18.3 Å². The molecule has 1 unspecified atom stereocenters. The van der Waals surface area contributed by atoms with Gasteiger partial charge in [0.1, 0.15) is 5.69 Å². The van der Waals surface area contributed by atoms with E-state index in [4.69, 9.17) is 5.11 Å². The molecule has 2 rings (SSSR count). The van der Waals surface area contributed by atoms with Gasteiger partial charge >= 0.3 is 5.97 Å². The van der Waals surface area contributed by atoms with Gasteiger partial charge in [-0.3, -0.25) is 9.78 Å². The van der Waals surface area contributed by atoms with Crippen molar-refractivity contribution >= 4 is 23.6 Å². The number of hydrogen-bond acceptors (Lipinski definition) is 4. The van der Waals surface area contributed by atoms with Gasteiger partial charge in [0.2, 0.25) is 0 Å². The van der Waals surface area contributed by atoms with Crippen molar-refractivity contribution in [3.63, 3.8) is 0 Å². The molecule has 0 aromatic carbocycles. The highest BCUT2D eigenvalue weighted by atomic mass is 32.2. The topological polar surface area (TPSA) is 79.3 Å². The molecule has 1 amide bonds. The van der Waals surface area contributed by atoms with E-state index in [1.54, 1.807) is 0 Å². The second-order valence-electron chi connectivity index (χ2n) is 4.82. The predicted molar refractivity (Wildman–Crippen MR) is 73.6 cm³/mol. The van der Waals surface area contributed by atoms with E-state index in [0.29, 0.717) is 6.54 Å². The van der Waals surface area contributed by atoms with Crippen molar-refractivity contribution in [2.75, 3.05) is 12.3 Å². The molecular formula is C13H16N2O3S. The molecule has 1 atom stereocenters. The lowest BCUT2D eigenvalue weighted by molar-refractivity contribution is 0.0696. The molecule has 1 aromatic rings. The molecule has 102 valence electrons. The number of carbonyl (C=O) groups is 2. The van der Waals surface area contributed by atoms with Gasteiger partial charge in [0.05, 0.1) is 5.56 Å². The number of carboxylic acid groups (broad SMARTS) is 1. The van der Waals surface area contributed by atoms with Gasteiger partial charge in [0.15, 0.2) is 0 Å². The molecule has 1 fully saturated rings. The number of nitrogens with zero attached hydrogens (tertiary/aromatic N) is 1. The minimum Gasteiger partial charge on any atom is -0.478 e. The molecule has 19 heavy (non-hydrogen) atoms. The van der Waals surface area contributed by atoms with Crippen molar-refractivity contribution in [1.29, 1.82) is 0 Å². The zero-order valence-corrected chi connectivity index (χ0v) is 11.5. The molecule has 0 radical (unpaired) electrons. The van der Waals surface area contributed by atoms with E-state index in [1.165, 1.54) is 24.8 Å². The van der Waals surface area contributed by atoms with E-state index in [1.807, 2.05) is 11.8 Å². The smallest absolute Gasteiger partial charge is 0.335 e. The monoisotopic (exact) mass is 280 g/mol. The number of carbonyl (C=O) groups excluding carboxylic acids is 1. The number of pyridine rings is 1. The molecular weight excluding hydrogens is 264 g/mol. The van der Waals surface area contributed by atoms with Gasteiger partial charge < -0.3 is 10.4 Å². The van der Waals surface area contributed by atoms with Crippen LogP contribution in [0.4, 0.5) is 0 Å². The van der Waals surface area contributed by atoms with Crippen LogP contribution in [0.1, 0.15) is 40.6 Å². The lowest BCUT2D eigenvalue weighted by Gasteiger charge is -2.22. The summed E-state index contributed by atoms with van der Waals surface area (Å²) in [6, 6.07) is 2.66. The minimum atomic E-state index is -1.06. The number of thioether (sulfide) groups is 1. The van der Waals surface area contributed by atoms with E-state index in [-0.39, 0.29) is 21.9 Å². The van der Waals surface area contributed by atoms with E-state index < -0.39 is 5.97 Å². The highest BCUT2D eigenvalue weighted by Gasteiger charge is 2.29. The van der Waals surface area contributed by atoms with Gasteiger partial charge in [0, 0.05) is 17.5 Å². The van der Waals surface area contributed by atoms with Crippen LogP contribution in [0, 0.1) is 0 Å². The summed E-state index contributed by atoms with van der Waals surface area (Å²) in [6.07, 6.45) is 3.59. The number of rotatable bonds is 4. The Morgan fingerprint density at radius 3 is 3.00 bits per heavy atom. The van der Waals surface area contributed by atoms with Crippen LogP contribution >= 0.6 is 11.8 Å². The van der Waals surface area contributed by atoms with Crippen LogP contribution in [0.2, 0.25) is 0 Å². The SMILES string of the molecule is CC1(CNC(=O)c2cc(C(=O)O)ccn2)CCCS1. The third-order valence-electron chi connectivity index (χ3n) is 3.16. The molecule has 2 heterocycles. The molecule has 0 spiro atoms. The quantitative estimate of drug-likeness (QED) is 0.879. The summed E-state index contributed by atoms with van der Waals surface area (Å²) in [5.74, 6) is -0.259. The first-order chi connectivity index (χ1) is 9.00. The molecule has 1 aromatic heterocycles. The Bertz CT molecular complexity index is 498. The first kappa shape index (κ1) is 13.9. The summed E-state index contributed by atoms with van der Waals surface area (Å²) in [5, 5.41) is 11.7. The molecule has 0 saturated carbocycles. The zero-order chi connectivity index (χ0) is 13.9. The zero-order valence-electron chi connectivity index (χ0n) is 10.7. The first-order valence-corrected chi connectivity index (χ1v) is 7.10. The Morgan fingerprint density at radius 2 is 2.37 bits per heavy atom. The highest BCUT2D eigenvalue weighted by Crippen LogP contribution is 2.36. The van der Waals surface area contributed by atoms with E-state index in [2.05, 4.69) is 17.2 Å². The fraction of sp³-hybridized carbons (Fsp3) is 0.462. The van der Waals surface area contributed by atoms with Crippen LogP contribution in [0.25, 0.3) is 0 Å². The van der Waals surface area contributed by atoms with Gasteiger partial charge in [0.25, 0.3) is 5.91 Å². The Hall–Kier alpha value is -1.56. The van der Waals surface area contributed by atoms with E-state index in [9.17, 15) is 9.59 Å². The lowest BCUT2D eigenvalue weighted by atomic mass is 10.1. The fourth-order valence-electron chi connectivity index (χ4n) is 2.02. The van der Waals surface area contributed by atoms with Crippen molar-refractivity contribution < 1.29 is 14.7 Å². The van der Waals surface area contributed by atoms with Crippen LogP contribution < -0.4 is 5.32 Å². The molecule has 1 saturated heterocycles. The Kier molecular flexibility index (Phi) is 4.09. The summed E-state index contributed by atoms with van der Waals surface area (Å²) in [6.45, 7) is 2.71. The van der Waals surface area contributed by atoms with E-state index in [0.717, 1.165) is 12.2 Å². The van der Waals surface area contributed by atoms with Gasteiger partial charge in [-0.05, 0) is 37.7 Å². The number of aromatic nitrogens is 1. The van der Waals surface area contributed by atoms with Crippen LogP contribution in [-0.4, -0.2) is 39.0 Å². The van der Waals surface area contributed by atoms with Gasteiger partial charge in [-0.25, -0.2) is 4.79 Å². The molecule has 1 aliphatic rings. The molecule has 0 aliphatic carbocycles. The standard InChI is InChI=1S/C13H16N2O3S/c1-13(4-2-6-19-13)8-15-11(16)10-7-9(12(17)18)3-5-14-10/h3,5,7H,2,4,6,8H2,1H3,(H,15,16)(H,17,18). The average Bonchev–Trinajstić information content (AvgIpc) is 2.83. The Morgan fingerprint density at radius 1 is 1.58 bits per heavy atom. The summed E-state index contributed by atoms with van der Waals surface area (Å²) in [7, 11) is 0. The average molecular weight is 280 g/mol. The second kappa shape index (κ2) is 5.61. The molecule has 6 heteroatoms. The predicted octanol–water partition coefficient (Wildman–Crippen LogP) is 1.80. The number of carboxylic acids is 1. The maximum atomic E-state index is 11.9. The third-order valence-corrected chi connectivity index (χ3v) is 4.70. The summed E-state index contributed by atoms with van der Waals surface area (Å²) < 4.78 is 0.0834. The summed E-state index contributed by atoms with van der Waals surface area (Å²) in [4.78, 5) is 26.7. The van der Waals surface area contributed by atoms with Crippen molar-refractivity contribution in [2.24, 2.45) is 0 Å². The molecule has 5 nitrogen and oxygen atoms in total. The number of nitrogens with one attached hydrogen (secondary N) is 1. The van der Waals surface area contributed by atoms with Gasteiger partial charge in [-0.2, -0.15) is 11.8 Å². The number of hydrogen-bond donors (Lipinski definition) is 2. The molecule has 2 N–H and O–H groups in total. The Balaban J connectivity index is 1.99. The first-order valence-electron chi connectivity index (χ1n) is 6.12. The van der Waals surface area contributed by atoms with Crippen molar-refractivity contribution in [3.8, 4) is 0 Å². The van der Waals surface area contributed by atoms with Gasteiger partial charge in [-0.15, -0.1) is 0 Å². The minimum absolute atomic E-state index is 0.0709. The number of aromatic carboxylic acids is 1. The normalized spacial score (nSPS) is 22.2. The van der Waals surface area contributed by atoms with E-state index >= 15 is 0 Å². The molecule has 0 bridgehead atoms. The maximum Gasteiger partial charge on any atom is 0.335 e. The van der Waals surface area contributed by atoms with Crippen LogP contribution in [0.3, 0.4) is 0 Å². The molecule has 1 aliphatic heterocycles. The van der Waals surface area contributed by atoms with Gasteiger partial charge in [-0.1, -0.05) is 0 Å². The highest BCUT2D eigenvalue weighted by molar-refractivity contribution is 8.00. The fourth-order valence-corrected chi connectivity index (χ4v) is 3.27. The summed E-state index contributed by atoms with van der Waals surface area (Å²) >= 11 is 1.86. The largest absolute Gasteiger partial charge is 0.478 e. The Labute approximate surface area is 115 Å². The summed E-state index contributed by atoms with van der Waals surface area (Å²) in [5.41, 5.74) is 0.216. The second-order valence-corrected chi connectivity index (χ2v) is 6.50. The van der Waals surface area contributed by atoms with Crippen molar-refractivity contribution in [3.05, 3.63) is 29.6 Å². The lowest BCUT2D eigenvalue weighted by Crippen LogP contribution is -2.37.